The molecule has 0 bridgehead atoms. The van der Waals surface area contributed by atoms with Crippen molar-refractivity contribution in [2.45, 2.75) is 6.61 Å². The third kappa shape index (κ3) is 1.95. The molecule has 0 aliphatic heterocycles. The zero-order chi connectivity index (χ0) is 9.14. The lowest BCUT2D eigenvalue weighted by atomic mass is 10.5. The molecule has 12 heavy (non-hydrogen) atoms. The van der Waals surface area contributed by atoms with Crippen molar-refractivity contribution in [1.82, 2.24) is 9.97 Å². The van der Waals surface area contributed by atoms with Crippen molar-refractivity contribution in [1.29, 1.82) is 0 Å². The highest BCUT2D eigenvalue weighted by molar-refractivity contribution is 14.1. The van der Waals surface area contributed by atoms with Crippen LogP contribution in [0.15, 0.2) is 4.79 Å². The molecule has 6 heteroatoms. The number of aromatic nitrogens is 2. The van der Waals surface area contributed by atoms with Crippen LogP contribution < -0.4 is 5.56 Å². The molecule has 0 aliphatic carbocycles. The highest BCUT2D eigenvalue weighted by Crippen LogP contribution is 2.10. The van der Waals surface area contributed by atoms with Crippen LogP contribution in [0, 0.1) is 3.57 Å². The molecule has 0 fully saturated rings. The van der Waals surface area contributed by atoms with Crippen LogP contribution in [0.4, 0.5) is 0 Å². The molecule has 5 nitrogen and oxygen atoms in total. The molecular weight excluding hydrogens is 275 g/mol. The van der Waals surface area contributed by atoms with Crippen molar-refractivity contribution in [2.75, 3.05) is 7.11 Å². The Morgan fingerprint density at radius 2 is 2.42 bits per heavy atom. The zero-order valence-corrected chi connectivity index (χ0v) is 8.45. The van der Waals surface area contributed by atoms with E-state index in [2.05, 4.69) is 9.97 Å². The van der Waals surface area contributed by atoms with E-state index in [-0.39, 0.29) is 21.6 Å². The topological polar surface area (TPSA) is 75.2 Å². The second kappa shape index (κ2) is 3.85. The summed E-state index contributed by atoms with van der Waals surface area (Å²) in [5.41, 5.74) is -0.352. The van der Waals surface area contributed by atoms with E-state index in [0.29, 0.717) is 5.82 Å². The van der Waals surface area contributed by atoms with Gasteiger partial charge in [-0.1, -0.05) is 0 Å². The maximum absolute atomic E-state index is 11.0. The highest BCUT2D eigenvalue weighted by Gasteiger charge is 2.06. The molecule has 1 aromatic rings. The van der Waals surface area contributed by atoms with Gasteiger partial charge in [0.25, 0.3) is 5.56 Å². The monoisotopic (exact) mass is 282 g/mol. The van der Waals surface area contributed by atoms with Gasteiger partial charge in [0.05, 0.1) is 0 Å². The minimum absolute atomic E-state index is 0.180. The third-order valence-electron chi connectivity index (χ3n) is 1.18. The summed E-state index contributed by atoms with van der Waals surface area (Å²) >= 11 is 1.72. The van der Waals surface area contributed by atoms with E-state index in [9.17, 15) is 4.79 Å². The van der Waals surface area contributed by atoms with Crippen LogP contribution in [-0.2, 0) is 11.3 Å². The van der Waals surface area contributed by atoms with Gasteiger partial charge in [0, 0.05) is 7.11 Å². The number of rotatable bonds is 2. The number of aromatic amines is 1. The Hall–Kier alpha value is -0.630. The second-order valence-corrected chi connectivity index (χ2v) is 3.16. The van der Waals surface area contributed by atoms with Crippen molar-refractivity contribution in [3.8, 4) is 5.88 Å². The first kappa shape index (κ1) is 9.46. The summed E-state index contributed by atoms with van der Waals surface area (Å²) in [5.74, 6) is 0.0619. The highest BCUT2D eigenvalue weighted by atomic mass is 127. The molecule has 0 saturated heterocycles. The van der Waals surface area contributed by atoms with Crippen molar-refractivity contribution in [3.63, 3.8) is 0 Å². The van der Waals surface area contributed by atoms with Gasteiger partial charge in [-0.2, -0.15) is 4.98 Å². The normalized spacial score (nSPS) is 10.2. The molecule has 0 radical (unpaired) electrons. The summed E-state index contributed by atoms with van der Waals surface area (Å²) in [6, 6.07) is 0. The molecule has 1 aromatic heterocycles. The van der Waals surface area contributed by atoms with Gasteiger partial charge in [-0.25, -0.2) is 0 Å². The number of hydrogen-bond donors (Lipinski definition) is 2. The van der Waals surface area contributed by atoms with Crippen LogP contribution in [0.5, 0.6) is 5.88 Å². The first-order chi connectivity index (χ1) is 5.65. The third-order valence-corrected chi connectivity index (χ3v) is 2.15. The smallest absolute Gasteiger partial charge is 0.268 e. The average molecular weight is 282 g/mol. The Morgan fingerprint density at radius 3 is 2.92 bits per heavy atom. The molecule has 1 rings (SSSR count). The second-order valence-electron chi connectivity index (χ2n) is 2.08. The lowest BCUT2D eigenvalue weighted by Crippen LogP contribution is -2.14. The Balaban J connectivity index is 3.13. The Labute approximate surface area is 81.9 Å². The summed E-state index contributed by atoms with van der Waals surface area (Å²) in [4.78, 5) is 17.2. The maximum Gasteiger partial charge on any atom is 0.268 e. The maximum atomic E-state index is 11.0. The van der Waals surface area contributed by atoms with Crippen LogP contribution in [0.3, 0.4) is 0 Å². The summed E-state index contributed by atoms with van der Waals surface area (Å²) in [6.07, 6.45) is 0. The Bertz CT molecular complexity index is 336. The van der Waals surface area contributed by atoms with Crippen LogP contribution in [-0.4, -0.2) is 22.2 Å². The molecule has 0 spiro atoms. The van der Waals surface area contributed by atoms with Crippen LogP contribution in [0.2, 0.25) is 0 Å². The Kier molecular flexibility index (Phi) is 3.04. The fourth-order valence-electron chi connectivity index (χ4n) is 0.697. The predicted molar refractivity (Wildman–Crippen MR) is 50.0 cm³/mol. The van der Waals surface area contributed by atoms with Gasteiger partial charge in [-0.05, 0) is 22.6 Å². The van der Waals surface area contributed by atoms with Crippen LogP contribution in [0.1, 0.15) is 5.82 Å². The van der Waals surface area contributed by atoms with E-state index in [1.54, 1.807) is 22.6 Å². The first-order valence-electron chi connectivity index (χ1n) is 3.11. The fraction of sp³-hybridized carbons (Fsp3) is 0.333. The fourth-order valence-corrected chi connectivity index (χ4v) is 0.953. The van der Waals surface area contributed by atoms with E-state index in [4.69, 9.17) is 9.84 Å². The van der Waals surface area contributed by atoms with E-state index >= 15 is 0 Å². The molecular formula is C6H7IN2O3. The number of methoxy groups -OCH3 is 1. The molecule has 66 valence electrons. The standard InChI is InChI=1S/C6H7IN2O3/c1-12-2-3-8-5(10)4(7)6(11)9-3/h2H2,1H3,(H2,8,9,10,11). The molecule has 0 atom stereocenters. The summed E-state index contributed by atoms with van der Waals surface area (Å²) in [5, 5.41) is 9.11. The number of H-pyrrole nitrogens is 1. The van der Waals surface area contributed by atoms with Gasteiger partial charge >= 0.3 is 0 Å². The van der Waals surface area contributed by atoms with E-state index in [0.717, 1.165) is 0 Å². The lowest BCUT2D eigenvalue weighted by Gasteiger charge is -1.99. The van der Waals surface area contributed by atoms with Crippen molar-refractivity contribution in [2.24, 2.45) is 0 Å². The van der Waals surface area contributed by atoms with Gasteiger partial charge in [0.2, 0.25) is 5.88 Å². The van der Waals surface area contributed by atoms with E-state index < -0.39 is 0 Å². The number of hydrogen-bond acceptors (Lipinski definition) is 4. The summed E-state index contributed by atoms with van der Waals surface area (Å²) < 4.78 is 4.92. The summed E-state index contributed by atoms with van der Waals surface area (Å²) in [6.45, 7) is 0.180. The number of nitrogens with one attached hydrogen (secondary N) is 1. The van der Waals surface area contributed by atoms with Gasteiger partial charge in [0.15, 0.2) is 0 Å². The SMILES string of the molecule is COCc1nc(O)c(I)c(=O)[nH]1. The number of ether oxygens (including phenoxy) is 1. The van der Waals surface area contributed by atoms with Crippen molar-refractivity contribution in [3.05, 3.63) is 19.7 Å². The van der Waals surface area contributed by atoms with E-state index in [1.165, 1.54) is 7.11 Å². The van der Waals surface area contributed by atoms with Crippen LogP contribution in [0.25, 0.3) is 0 Å². The molecule has 0 saturated carbocycles. The average Bonchev–Trinajstić information content (AvgIpc) is 2.01. The van der Waals surface area contributed by atoms with Gasteiger partial charge < -0.3 is 14.8 Å². The lowest BCUT2D eigenvalue weighted by molar-refractivity contribution is 0.176. The predicted octanol–water partition coefficient (Wildman–Crippen LogP) is 0.227. The molecule has 1 heterocycles. The quantitative estimate of drug-likeness (QED) is 0.761. The van der Waals surface area contributed by atoms with Crippen LogP contribution >= 0.6 is 22.6 Å². The molecule has 0 unspecified atom stereocenters. The van der Waals surface area contributed by atoms with Gasteiger partial charge in [0.1, 0.15) is 16.0 Å². The first-order valence-corrected chi connectivity index (χ1v) is 4.19. The number of halogens is 1. The minimum Gasteiger partial charge on any atom is -0.492 e. The van der Waals surface area contributed by atoms with Gasteiger partial charge in [-0.3, -0.25) is 4.79 Å². The minimum atomic E-state index is -0.352. The van der Waals surface area contributed by atoms with Gasteiger partial charge in [-0.15, -0.1) is 0 Å². The number of aromatic hydroxyl groups is 1. The number of nitrogens with zero attached hydrogens (tertiary/aromatic N) is 1. The largest absolute Gasteiger partial charge is 0.492 e. The zero-order valence-electron chi connectivity index (χ0n) is 6.30. The Morgan fingerprint density at radius 1 is 1.75 bits per heavy atom. The molecule has 0 aliphatic rings. The molecule has 0 amide bonds. The molecule has 2 N–H and O–H groups in total. The van der Waals surface area contributed by atoms with Crippen molar-refractivity contribution >= 4 is 22.6 Å². The summed E-state index contributed by atoms with van der Waals surface area (Å²) in [7, 11) is 1.48. The van der Waals surface area contributed by atoms with Crippen molar-refractivity contribution < 1.29 is 9.84 Å². The van der Waals surface area contributed by atoms with E-state index in [1.807, 2.05) is 0 Å². The molecule has 0 aromatic carbocycles.